The molecule has 7 heteroatoms. The Bertz CT molecular complexity index is 194. The Morgan fingerprint density at radius 2 is 2.00 bits per heavy atom. The van der Waals surface area contributed by atoms with E-state index in [0.29, 0.717) is 0 Å². The van der Waals surface area contributed by atoms with E-state index in [1.807, 2.05) is 0 Å². The Hall–Kier alpha value is -0.420. The molecule has 12 heavy (non-hydrogen) atoms. The average molecular weight is 197 g/mol. The van der Waals surface area contributed by atoms with E-state index in [4.69, 9.17) is 9.79 Å². The molecule has 0 fully saturated rings. The zero-order chi connectivity index (χ0) is 9.61. The van der Waals surface area contributed by atoms with Crippen LogP contribution in [0.4, 0.5) is 0 Å². The molecule has 0 saturated carbocycles. The van der Waals surface area contributed by atoms with Crippen molar-refractivity contribution >= 4 is 13.5 Å². The van der Waals surface area contributed by atoms with E-state index in [9.17, 15) is 4.57 Å². The van der Waals surface area contributed by atoms with Crippen LogP contribution in [0, 0.1) is 0 Å². The highest BCUT2D eigenvalue weighted by atomic mass is 31.2. The molecule has 0 aliphatic rings. The lowest BCUT2D eigenvalue weighted by atomic mass is 10.5. The first-order chi connectivity index (χ1) is 5.42. The minimum atomic E-state index is -4.36. The van der Waals surface area contributed by atoms with Crippen molar-refractivity contribution in [2.45, 2.75) is 13.8 Å². The number of hydrogen-bond acceptors (Lipinski definition) is 4. The lowest BCUT2D eigenvalue weighted by Crippen LogP contribution is -2.00. The third-order valence-electron chi connectivity index (χ3n) is 0.681. The quantitative estimate of drug-likeness (QED) is 0.290. The molecular formula is C5H12NO5P. The highest BCUT2D eigenvalue weighted by Crippen LogP contribution is 2.35. The topological polar surface area (TPSA) is 88.4 Å². The monoisotopic (exact) mass is 197 g/mol. The fraction of sp³-hybridized carbons (Fsp3) is 0.800. The zero-order valence-electron chi connectivity index (χ0n) is 6.93. The number of hydrogen-bond donors (Lipinski definition) is 2. The molecule has 0 bridgehead atoms. The molecule has 0 radical (unpaired) electrons. The van der Waals surface area contributed by atoms with Crippen molar-refractivity contribution in [3.63, 3.8) is 0 Å². The van der Waals surface area contributed by atoms with Gasteiger partial charge >= 0.3 is 7.82 Å². The van der Waals surface area contributed by atoms with Gasteiger partial charge in [-0.2, -0.15) is 0 Å². The normalized spacial score (nSPS) is 11.0. The van der Waals surface area contributed by atoms with Gasteiger partial charge in [-0.15, -0.1) is 0 Å². The largest absolute Gasteiger partial charge is 0.469 e. The summed E-state index contributed by atoms with van der Waals surface area (Å²) in [6, 6.07) is 0. The smallest absolute Gasteiger partial charge is 0.393 e. The van der Waals surface area contributed by atoms with Gasteiger partial charge in [0.25, 0.3) is 0 Å². The second-order valence-corrected chi connectivity index (χ2v) is 3.43. The van der Waals surface area contributed by atoms with Crippen LogP contribution in [0.2, 0.25) is 0 Å². The molecule has 0 atom stereocenters. The molecule has 6 nitrogen and oxygen atoms in total. The number of phosphoric ester groups is 1. The van der Waals surface area contributed by atoms with Gasteiger partial charge in [0.2, 0.25) is 0 Å². The van der Waals surface area contributed by atoms with Crippen molar-refractivity contribution in [2.24, 2.45) is 5.16 Å². The van der Waals surface area contributed by atoms with Gasteiger partial charge in [0, 0.05) is 0 Å². The molecule has 72 valence electrons. The second-order valence-electron chi connectivity index (χ2n) is 2.20. The van der Waals surface area contributed by atoms with E-state index in [1.54, 1.807) is 13.8 Å². The summed E-state index contributed by atoms with van der Waals surface area (Å²) in [6.07, 6.45) is 0. The van der Waals surface area contributed by atoms with Gasteiger partial charge in [-0.1, -0.05) is 5.16 Å². The van der Waals surface area contributed by atoms with Crippen LogP contribution in [0.1, 0.15) is 13.8 Å². The summed E-state index contributed by atoms with van der Waals surface area (Å²) in [7, 11) is -4.36. The standard InChI is InChI=1S/C5H12NO5P/c1-5(2)6-10-3-4-11-12(7,8)9/h3-4H2,1-2H3,(H2,7,8,9). The van der Waals surface area contributed by atoms with Crippen molar-refractivity contribution in [1.82, 2.24) is 0 Å². The third kappa shape index (κ3) is 9.58. The van der Waals surface area contributed by atoms with E-state index in [-0.39, 0.29) is 13.2 Å². The Morgan fingerprint density at radius 3 is 2.42 bits per heavy atom. The highest BCUT2D eigenvalue weighted by Gasteiger charge is 2.12. The zero-order valence-corrected chi connectivity index (χ0v) is 7.82. The van der Waals surface area contributed by atoms with E-state index >= 15 is 0 Å². The van der Waals surface area contributed by atoms with Crippen LogP contribution in [0.5, 0.6) is 0 Å². The number of phosphoric acid groups is 1. The predicted octanol–water partition coefficient (Wildman–Crippen LogP) is 0.508. The van der Waals surface area contributed by atoms with Crippen molar-refractivity contribution in [2.75, 3.05) is 13.2 Å². The van der Waals surface area contributed by atoms with Crippen LogP contribution < -0.4 is 0 Å². The Morgan fingerprint density at radius 1 is 1.42 bits per heavy atom. The molecule has 0 heterocycles. The molecule has 2 N–H and O–H groups in total. The first-order valence-corrected chi connectivity index (χ1v) is 4.78. The van der Waals surface area contributed by atoms with Crippen LogP contribution in [0.3, 0.4) is 0 Å². The summed E-state index contributed by atoms with van der Waals surface area (Å²) < 4.78 is 14.2. The number of oxime groups is 1. The summed E-state index contributed by atoms with van der Waals surface area (Å²) in [5, 5.41) is 3.53. The van der Waals surface area contributed by atoms with E-state index in [0.717, 1.165) is 5.71 Å². The molecule has 0 rings (SSSR count). The average Bonchev–Trinajstić information content (AvgIpc) is 1.83. The summed E-state index contributed by atoms with van der Waals surface area (Å²) >= 11 is 0. The Balaban J connectivity index is 3.35. The van der Waals surface area contributed by atoms with E-state index in [1.165, 1.54) is 0 Å². The van der Waals surface area contributed by atoms with Crippen molar-refractivity contribution < 1.29 is 23.7 Å². The summed E-state index contributed by atoms with van der Waals surface area (Å²) in [5.74, 6) is 0. The maximum absolute atomic E-state index is 10.1. The second kappa shape index (κ2) is 5.27. The lowest BCUT2D eigenvalue weighted by molar-refractivity contribution is 0.0906. The summed E-state index contributed by atoms with van der Waals surface area (Å²) in [5.41, 5.74) is 0.728. The van der Waals surface area contributed by atoms with Crippen molar-refractivity contribution in [1.29, 1.82) is 0 Å². The van der Waals surface area contributed by atoms with Gasteiger partial charge in [-0.25, -0.2) is 4.57 Å². The minimum absolute atomic E-state index is 0.0241. The van der Waals surface area contributed by atoms with Crippen LogP contribution >= 0.6 is 7.82 Å². The molecule has 0 aliphatic heterocycles. The van der Waals surface area contributed by atoms with Crippen molar-refractivity contribution in [3.8, 4) is 0 Å². The fourth-order valence-corrected chi connectivity index (χ4v) is 0.681. The summed E-state index contributed by atoms with van der Waals surface area (Å²) in [6.45, 7) is 3.32. The van der Waals surface area contributed by atoms with Crippen LogP contribution in [-0.2, 0) is 13.9 Å². The molecular weight excluding hydrogens is 185 g/mol. The van der Waals surface area contributed by atoms with Gasteiger partial charge in [-0.3, -0.25) is 4.52 Å². The Labute approximate surface area is 70.4 Å². The van der Waals surface area contributed by atoms with Crippen LogP contribution in [0.15, 0.2) is 5.16 Å². The third-order valence-corrected chi connectivity index (χ3v) is 1.20. The molecule has 0 spiro atoms. The predicted molar refractivity (Wildman–Crippen MR) is 42.7 cm³/mol. The SMILES string of the molecule is CC(C)=NOCCOP(=O)(O)O. The van der Waals surface area contributed by atoms with E-state index < -0.39 is 7.82 Å². The first-order valence-electron chi connectivity index (χ1n) is 3.25. The van der Waals surface area contributed by atoms with Gasteiger partial charge in [0.05, 0.1) is 12.3 Å². The molecule has 0 saturated heterocycles. The maximum Gasteiger partial charge on any atom is 0.469 e. The number of nitrogens with zero attached hydrogens (tertiary/aromatic N) is 1. The van der Waals surface area contributed by atoms with Crippen LogP contribution in [0.25, 0.3) is 0 Å². The fourth-order valence-electron chi connectivity index (χ4n) is 0.368. The molecule has 0 aromatic heterocycles. The van der Waals surface area contributed by atoms with Crippen LogP contribution in [-0.4, -0.2) is 28.7 Å². The minimum Gasteiger partial charge on any atom is -0.393 e. The van der Waals surface area contributed by atoms with Gasteiger partial charge in [0.15, 0.2) is 0 Å². The molecule has 0 amide bonds. The first kappa shape index (κ1) is 11.6. The van der Waals surface area contributed by atoms with E-state index in [2.05, 4.69) is 14.5 Å². The summed E-state index contributed by atoms with van der Waals surface area (Å²) in [4.78, 5) is 21.1. The van der Waals surface area contributed by atoms with Gasteiger partial charge in [0.1, 0.15) is 6.61 Å². The molecule has 0 aliphatic carbocycles. The molecule has 0 unspecified atom stereocenters. The van der Waals surface area contributed by atoms with Crippen molar-refractivity contribution in [3.05, 3.63) is 0 Å². The lowest BCUT2D eigenvalue weighted by Gasteiger charge is -2.03. The maximum atomic E-state index is 10.1. The molecule has 0 aromatic rings. The Kier molecular flexibility index (Phi) is 5.08. The number of rotatable bonds is 5. The highest BCUT2D eigenvalue weighted by molar-refractivity contribution is 7.46. The van der Waals surface area contributed by atoms with Gasteiger partial charge in [-0.05, 0) is 13.8 Å². The van der Waals surface area contributed by atoms with Gasteiger partial charge < -0.3 is 14.6 Å². The molecule has 0 aromatic carbocycles.